The van der Waals surface area contributed by atoms with Crippen LogP contribution in [0.1, 0.15) is 31.7 Å². The van der Waals surface area contributed by atoms with Gasteiger partial charge in [0.2, 0.25) is 0 Å². The van der Waals surface area contributed by atoms with E-state index < -0.39 is 0 Å². The lowest BCUT2D eigenvalue weighted by Gasteiger charge is -2.36. The molecule has 4 nitrogen and oxygen atoms in total. The maximum absolute atomic E-state index is 4.47. The van der Waals surface area contributed by atoms with E-state index in [-0.39, 0.29) is 0 Å². The molecule has 1 saturated heterocycles. The Morgan fingerprint density at radius 1 is 1.53 bits per heavy atom. The molecule has 0 saturated carbocycles. The number of aryl methyl sites for hydroxylation is 2. The molecule has 0 radical (unpaired) electrons. The highest BCUT2D eigenvalue weighted by Crippen LogP contribution is 2.22. The summed E-state index contributed by atoms with van der Waals surface area (Å²) in [5, 5.41) is 8.12. The molecule has 1 aromatic rings. The molecule has 0 aromatic carbocycles. The Morgan fingerprint density at radius 3 is 2.84 bits per heavy atom. The van der Waals surface area contributed by atoms with Gasteiger partial charge in [0.1, 0.15) is 0 Å². The molecule has 1 aromatic heterocycles. The zero-order chi connectivity index (χ0) is 14.0. The van der Waals surface area contributed by atoms with Gasteiger partial charge in [-0.1, -0.05) is 20.3 Å². The summed E-state index contributed by atoms with van der Waals surface area (Å²) in [6.45, 7) is 11.0. The minimum absolute atomic E-state index is 0.617. The van der Waals surface area contributed by atoms with Crippen LogP contribution in [0, 0.1) is 12.8 Å². The van der Waals surface area contributed by atoms with Crippen molar-refractivity contribution >= 4 is 15.9 Å². The van der Waals surface area contributed by atoms with Crippen LogP contribution in [0.5, 0.6) is 0 Å². The average Bonchev–Trinajstić information content (AvgIpc) is 2.65. The third-order valence-corrected chi connectivity index (χ3v) is 5.29. The lowest BCUT2D eigenvalue weighted by Crippen LogP contribution is -2.52. The standard InChI is InChI=1S/C14H25BrN4/c1-5-10(2)12-8-19(7-6-16-12)9-13-14(15)11(3)17-18(13)4/h10,12,16H,5-9H2,1-4H3. The zero-order valence-electron chi connectivity index (χ0n) is 12.4. The lowest BCUT2D eigenvalue weighted by atomic mass is 9.97. The van der Waals surface area contributed by atoms with Gasteiger partial charge in [-0.05, 0) is 28.8 Å². The molecular formula is C14H25BrN4. The normalized spacial score (nSPS) is 22.7. The summed E-state index contributed by atoms with van der Waals surface area (Å²) in [6, 6.07) is 0.617. The third kappa shape index (κ3) is 3.38. The fourth-order valence-electron chi connectivity index (χ4n) is 2.71. The van der Waals surface area contributed by atoms with E-state index in [9.17, 15) is 0 Å². The Balaban J connectivity index is 2.02. The summed E-state index contributed by atoms with van der Waals surface area (Å²) >= 11 is 3.66. The monoisotopic (exact) mass is 328 g/mol. The van der Waals surface area contributed by atoms with E-state index in [1.165, 1.54) is 12.1 Å². The Hall–Kier alpha value is -0.390. The van der Waals surface area contributed by atoms with Crippen molar-refractivity contribution in [1.29, 1.82) is 0 Å². The van der Waals surface area contributed by atoms with Gasteiger partial charge in [-0.25, -0.2) is 0 Å². The van der Waals surface area contributed by atoms with E-state index in [1.54, 1.807) is 0 Å². The highest BCUT2D eigenvalue weighted by Gasteiger charge is 2.24. The Labute approximate surface area is 124 Å². The topological polar surface area (TPSA) is 33.1 Å². The number of hydrogen-bond acceptors (Lipinski definition) is 3. The Kier molecular flexibility index (Phi) is 5.03. The second-order valence-electron chi connectivity index (χ2n) is 5.65. The molecule has 0 bridgehead atoms. The van der Waals surface area contributed by atoms with Gasteiger partial charge in [0.25, 0.3) is 0 Å². The highest BCUT2D eigenvalue weighted by molar-refractivity contribution is 9.10. The van der Waals surface area contributed by atoms with Gasteiger partial charge in [-0.15, -0.1) is 0 Å². The van der Waals surface area contributed by atoms with Crippen molar-refractivity contribution < 1.29 is 0 Å². The number of piperazine rings is 1. The second-order valence-corrected chi connectivity index (χ2v) is 6.44. The van der Waals surface area contributed by atoms with Gasteiger partial charge in [-0.2, -0.15) is 5.10 Å². The van der Waals surface area contributed by atoms with Gasteiger partial charge in [0.05, 0.1) is 15.9 Å². The van der Waals surface area contributed by atoms with E-state index in [1.807, 2.05) is 18.7 Å². The molecule has 108 valence electrons. The van der Waals surface area contributed by atoms with Crippen LogP contribution >= 0.6 is 15.9 Å². The smallest absolute Gasteiger partial charge is 0.0739 e. The van der Waals surface area contributed by atoms with Crippen molar-refractivity contribution in [2.24, 2.45) is 13.0 Å². The summed E-state index contributed by atoms with van der Waals surface area (Å²) < 4.78 is 3.16. The van der Waals surface area contributed by atoms with Gasteiger partial charge in [-0.3, -0.25) is 9.58 Å². The molecule has 0 spiro atoms. The first-order valence-corrected chi connectivity index (χ1v) is 7.96. The van der Waals surface area contributed by atoms with Crippen LogP contribution < -0.4 is 5.32 Å². The number of nitrogens with zero attached hydrogens (tertiary/aromatic N) is 3. The van der Waals surface area contributed by atoms with Crippen LogP contribution in [0.4, 0.5) is 0 Å². The van der Waals surface area contributed by atoms with Crippen molar-refractivity contribution in [3.05, 3.63) is 15.9 Å². The first-order valence-electron chi connectivity index (χ1n) is 7.16. The Bertz CT molecular complexity index is 429. The summed E-state index contributed by atoms with van der Waals surface area (Å²) in [7, 11) is 2.03. The second kappa shape index (κ2) is 6.37. The minimum Gasteiger partial charge on any atom is -0.311 e. The van der Waals surface area contributed by atoms with Gasteiger partial charge in [0.15, 0.2) is 0 Å². The summed E-state index contributed by atoms with van der Waals surface area (Å²) in [5.74, 6) is 0.736. The summed E-state index contributed by atoms with van der Waals surface area (Å²) in [6.07, 6.45) is 1.24. The maximum Gasteiger partial charge on any atom is 0.0739 e. The number of nitrogens with one attached hydrogen (secondary N) is 1. The molecule has 2 unspecified atom stereocenters. The fraction of sp³-hybridized carbons (Fsp3) is 0.786. The fourth-order valence-corrected chi connectivity index (χ4v) is 3.18. The maximum atomic E-state index is 4.47. The van der Waals surface area contributed by atoms with Crippen LogP contribution in [-0.2, 0) is 13.6 Å². The summed E-state index contributed by atoms with van der Waals surface area (Å²) in [5.41, 5.74) is 2.36. The van der Waals surface area contributed by atoms with Crippen molar-refractivity contribution in [3.8, 4) is 0 Å². The van der Waals surface area contributed by atoms with E-state index in [4.69, 9.17) is 0 Å². The van der Waals surface area contributed by atoms with Gasteiger partial charge in [0, 0.05) is 39.3 Å². The predicted molar refractivity (Wildman–Crippen MR) is 82.2 cm³/mol. The van der Waals surface area contributed by atoms with E-state index >= 15 is 0 Å². The summed E-state index contributed by atoms with van der Waals surface area (Å²) in [4.78, 5) is 2.54. The number of aromatic nitrogens is 2. The molecule has 1 aliphatic heterocycles. The highest BCUT2D eigenvalue weighted by atomic mass is 79.9. The van der Waals surface area contributed by atoms with Crippen LogP contribution in [0.15, 0.2) is 4.47 Å². The lowest BCUT2D eigenvalue weighted by molar-refractivity contribution is 0.159. The van der Waals surface area contributed by atoms with Crippen molar-refractivity contribution in [2.75, 3.05) is 19.6 Å². The van der Waals surface area contributed by atoms with Crippen LogP contribution in [-0.4, -0.2) is 40.4 Å². The first kappa shape index (κ1) is 15.0. The third-order valence-electron chi connectivity index (χ3n) is 4.26. The molecule has 19 heavy (non-hydrogen) atoms. The molecule has 1 aliphatic rings. The van der Waals surface area contributed by atoms with Crippen molar-refractivity contribution in [2.45, 2.75) is 39.8 Å². The Morgan fingerprint density at radius 2 is 2.26 bits per heavy atom. The number of rotatable bonds is 4. The predicted octanol–water partition coefficient (Wildman–Crippen LogP) is 2.31. The van der Waals surface area contributed by atoms with E-state index in [0.717, 1.165) is 42.3 Å². The van der Waals surface area contributed by atoms with Gasteiger partial charge < -0.3 is 5.32 Å². The number of halogens is 1. The van der Waals surface area contributed by atoms with Gasteiger partial charge >= 0.3 is 0 Å². The molecule has 0 aliphatic carbocycles. The van der Waals surface area contributed by atoms with E-state index in [2.05, 4.69) is 45.1 Å². The molecule has 1 N–H and O–H groups in total. The molecular weight excluding hydrogens is 304 g/mol. The van der Waals surface area contributed by atoms with Crippen LogP contribution in [0.3, 0.4) is 0 Å². The quantitative estimate of drug-likeness (QED) is 0.920. The van der Waals surface area contributed by atoms with Crippen LogP contribution in [0.2, 0.25) is 0 Å². The molecule has 0 amide bonds. The van der Waals surface area contributed by atoms with E-state index in [0.29, 0.717) is 6.04 Å². The molecule has 2 atom stereocenters. The molecule has 2 heterocycles. The van der Waals surface area contributed by atoms with Crippen molar-refractivity contribution in [1.82, 2.24) is 20.0 Å². The zero-order valence-corrected chi connectivity index (χ0v) is 14.0. The SMILES string of the molecule is CCC(C)C1CN(Cc2c(Br)c(C)nn2C)CCN1. The number of hydrogen-bond donors (Lipinski definition) is 1. The largest absolute Gasteiger partial charge is 0.311 e. The van der Waals surface area contributed by atoms with Crippen LogP contribution in [0.25, 0.3) is 0 Å². The first-order chi connectivity index (χ1) is 9.02. The average molecular weight is 329 g/mol. The van der Waals surface area contributed by atoms with Crippen molar-refractivity contribution in [3.63, 3.8) is 0 Å². The molecule has 5 heteroatoms. The minimum atomic E-state index is 0.617. The molecule has 1 fully saturated rings. The molecule has 2 rings (SSSR count).